The molecular formula is C25H28N2O5S. The van der Waals surface area contributed by atoms with Crippen LogP contribution in [0.5, 0.6) is 11.5 Å². The zero-order valence-electron chi connectivity index (χ0n) is 18.7. The molecule has 1 amide bonds. The van der Waals surface area contributed by atoms with E-state index in [-0.39, 0.29) is 18.0 Å². The van der Waals surface area contributed by atoms with Crippen LogP contribution in [0.1, 0.15) is 19.4 Å². The summed E-state index contributed by atoms with van der Waals surface area (Å²) in [7, 11) is -3.95. The van der Waals surface area contributed by atoms with E-state index in [1.165, 1.54) is 12.1 Å². The van der Waals surface area contributed by atoms with Crippen molar-refractivity contribution in [1.82, 2.24) is 5.32 Å². The minimum atomic E-state index is -3.95. The molecule has 1 N–H and O–H groups in total. The van der Waals surface area contributed by atoms with E-state index >= 15 is 0 Å². The monoisotopic (exact) mass is 468 g/mol. The average molecular weight is 469 g/mol. The number of sulfonamides is 1. The van der Waals surface area contributed by atoms with Crippen molar-refractivity contribution in [2.24, 2.45) is 0 Å². The summed E-state index contributed by atoms with van der Waals surface area (Å²) < 4.78 is 38.7. The molecule has 0 saturated carbocycles. The van der Waals surface area contributed by atoms with Gasteiger partial charge >= 0.3 is 0 Å². The van der Waals surface area contributed by atoms with Gasteiger partial charge in [0.25, 0.3) is 10.0 Å². The molecule has 0 aliphatic rings. The maximum Gasteiger partial charge on any atom is 0.264 e. The lowest BCUT2D eigenvalue weighted by Crippen LogP contribution is -2.40. The van der Waals surface area contributed by atoms with Crippen molar-refractivity contribution in [1.29, 1.82) is 0 Å². The van der Waals surface area contributed by atoms with Crippen molar-refractivity contribution < 1.29 is 22.7 Å². The molecule has 3 rings (SSSR count). The standard InChI is InChI=1S/C25H28N2O5S/c1-3-31-22-14-10-20(11-15-22)18-26-25(28)19-27(21-12-16-23(17-13-21)32-4-2)33(29,30)24-8-6-5-7-9-24/h5-17H,3-4,18-19H2,1-2H3,(H,26,28). The van der Waals surface area contributed by atoms with E-state index < -0.39 is 15.9 Å². The number of nitrogens with zero attached hydrogens (tertiary/aromatic N) is 1. The first kappa shape index (κ1) is 24.1. The maximum atomic E-state index is 13.4. The number of carbonyl (C=O) groups is 1. The van der Waals surface area contributed by atoms with Crippen molar-refractivity contribution in [2.45, 2.75) is 25.3 Å². The van der Waals surface area contributed by atoms with Crippen LogP contribution in [0.25, 0.3) is 0 Å². The largest absolute Gasteiger partial charge is 0.494 e. The van der Waals surface area contributed by atoms with Gasteiger partial charge in [-0.05, 0) is 67.9 Å². The van der Waals surface area contributed by atoms with Crippen LogP contribution in [0.15, 0.2) is 83.8 Å². The molecule has 0 aromatic heterocycles. The Bertz CT molecular complexity index is 1130. The van der Waals surface area contributed by atoms with Crippen LogP contribution in [0.2, 0.25) is 0 Å². The molecule has 0 radical (unpaired) electrons. The molecule has 0 aliphatic heterocycles. The first-order chi connectivity index (χ1) is 15.9. The van der Waals surface area contributed by atoms with Crippen molar-refractivity contribution in [3.8, 4) is 11.5 Å². The number of ether oxygens (including phenoxy) is 2. The number of carbonyl (C=O) groups excluding carboxylic acids is 1. The predicted molar refractivity (Wildman–Crippen MR) is 128 cm³/mol. The minimum Gasteiger partial charge on any atom is -0.494 e. The fraction of sp³-hybridized carbons (Fsp3) is 0.240. The fourth-order valence-electron chi connectivity index (χ4n) is 3.17. The van der Waals surface area contributed by atoms with Gasteiger partial charge in [0.05, 0.1) is 23.8 Å². The lowest BCUT2D eigenvalue weighted by molar-refractivity contribution is -0.119. The summed E-state index contributed by atoms with van der Waals surface area (Å²) in [5, 5.41) is 2.80. The summed E-state index contributed by atoms with van der Waals surface area (Å²) in [4.78, 5) is 12.9. The molecule has 8 heteroatoms. The first-order valence-corrected chi connectivity index (χ1v) is 12.2. The molecule has 0 unspecified atom stereocenters. The van der Waals surface area contributed by atoms with Gasteiger partial charge in [-0.2, -0.15) is 0 Å². The van der Waals surface area contributed by atoms with Gasteiger partial charge in [-0.3, -0.25) is 9.10 Å². The number of hydrogen-bond donors (Lipinski definition) is 1. The Morgan fingerprint density at radius 1 is 0.818 bits per heavy atom. The Morgan fingerprint density at radius 2 is 1.36 bits per heavy atom. The van der Waals surface area contributed by atoms with Gasteiger partial charge in [0.15, 0.2) is 0 Å². The maximum absolute atomic E-state index is 13.4. The topological polar surface area (TPSA) is 84.9 Å². The van der Waals surface area contributed by atoms with Crippen LogP contribution >= 0.6 is 0 Å². The van der Waals surface area contributed by atoms with Gasteiger partial charge in [0.2, 0.25) is 5.91 Å². The number of nitrogens with one attached hydrogen (secondary N) is 1. The minimum absolute atomic E-state index is 0.109. The van der Waals surface area contributed by atoms with Crippen LogP contribution in [0.4, 0.5) is 5.69 Å². The highest BCUT2D eigenvalue weighted by atomic mass is 32.2. The zero-order valence-corrected chi connectivity index (χ0v) is 19.5. The van der Waals surface area contributed by atoms with E-state index in [2.05, 4.69) is 5.32 Å². The Morgan fingerprint density at radius 3 is 1.91 bits per heavy atom. The summed E-state index contributed by atoms with van der Waals surface area (Å²) in [5.74, 6) is 0.957. The summed E-state index contributed by atoms with van der Waals surface area (Å²) in [6, 6.07) is 22.1. The highest BCUT2D eigenvalue weighted by Crippen LogP contribution is 2.25. The smallest absolute Gasteiger partial charge is 0.264 e. The molecule has 7 nitrogen and oxygen atoms in total. The predicted octanol–water partition coefficient (Wildman–Crippen LogP) is 4.00. The summed E-state index contributed by atoms with van der Waals surface area (Å²) >= 11 is 0. The Labute approximate surface area is 195 Å². The molecule has 0 aliphatic carbocycles. The van der Waals surface area contributed by atoms with Crippen molar-refractivity contribution >= 4 is 21.6 Å². The van der Waals surface area contributed by atoms with Crippen molar-refractivity contribution in [3.05, 3.63) is 84.4 Å². The molecular weight excluding hydrogens is 440 g/mol. The quantitative estimate of drug-likeness (QED) is 0.460. The number of benzene rings is 3. The molecule has 3 aromatic carbocycles. The van der Waals surface area contributed by atoms with Gasteiger partial charge in [-0.25, -0.2) is 8.42 Å². The van der Waals surface area contributed by atoms with Crippen LogP contribution in [0.3, 0.4) is 0 Å². The third-order valence-corrected chi connectivity index (χ3v) is 6.57. The van der Waals surface area contributed by atoms with E-state index in [9.17, 15) is 13.2 Å². The van der Waals surface area contributed by atoms with Gasteiger partial charge in [0.1, 0.15) is 18.0 Å². The molecule has 3 aromatic rings. The third-order valence-electron chi connectivity index (χ3n) is 4.78. The second kappa shape index (κ2) is 11.4. The van der Waals surface area contributed by atoms with Gasteiger partial charge in [-0.1, -0.05) is 30.3 Å². The molecule has 0 saturated heterocycles. The second-order valence-electron chi connectivity index (χ2n) is 7.11. The van der Waals surface area contributed by atoms with Crippen LogP contribution in [-0.4, -0.2) is 34.1 Å². The highest BCUT2D eigenvalue weighted by Gasteiger charge is 2.27. The molecule has 0 spiro atoms. The third kappa shape index (κ3) is 6.49. The SMILES string of the molecule is CCOc1ccc(CNC(=O)CN(c2ccc(OCC)cc2)S(=O)(=O)c2ccccc2)cc1. The Hall–Kier alpha value is -3.52. The van der Waals surface area contributed by atoms with E-state index in [0.29, 0.717) is 24.7 Å². The van der Waals surface area contributed by atoms with E-state index in [0.717, 1.165) is 15.6 Å². The van der Waals surface area contributed by atoms with Crippen LogP contribution in [0, 0.1) is 0 Å². The first-order valence-electron chi connectivity index (χ1n) is 10.7. The van der Waals surface area contributed by atoms with Gasteiger partial charge in [0, 0.05) is 6.54 Å². The van der Waals surface area contributed by atoms with Gasteiger partial charge < -0.3 is 14.8 Å². The number of amides is 1. The second-order valence-corrected chi connectivity index (χ2v) is 8.97. The summed E-state index contributed by atoms with van der Waals surface area (Å²) in [6.45, 7) is 4.77. The molecule has 174 valence electrons. The van der Waals surface area contributed by atoms with Crippen molar-refractivity contribution in [2.75, 3.05) is 24.1 Å². The highest BCUT2D eigenvalue weighted by molar-refractivity contribution is 7.92. The average Bonchev–Trinajstić information content (AvgIpc) is 2.83. The molecule has 0 heterocycles. The number of rotatable bonds is 11. The zero-order chi connectivity index (χ0) is 23.7. The molecule has 0 fully saturated rings. The normalized spacial score (nSPS) is 11.0. The van der Waals surface area contributed by atoms with Crippen LogP contribution in [-0.2, 0) is 21.4 Å². The van der Waals surface area contributed by atoms with E-state index in [1.54, 1.807) is 42.5 Å². The lowest BCUT2D eigenvalue weighted by atomic mass is 10.2. The van der Waals surface area contributed by atoms with E-state index in [1.807, 2.05) is 38.1 Å². The van der Waals surface area contributed by atoms with Crippen LogP contribution < -0.4 is 19.1 Å². The molecule has 0 atom stereocenters. The molecule has 0 bridgehead atoms. The molecule has 33 heavy (non-hydrogen) atoms. The fourth-order valence-corrected chi connectivity index (χ4v) is 4.61. The number of anilines is 1. The van der Waals surface area contributed by atoms with Crippen molar-refractivity contribution in [3.63, 3.8) is 0 Å². The lowest BCUT2D eigenvalue weighted by Gasteiger charge is -2.24. The Kier molecular flexibility index (Phi) is 8.32. The summed E-state index contributed by atoms with van der Waals surface area (Å²) in [5.41, 5.74) is 1.25. The number of hydrogen-bond acceptors (Lipinski definition) is 5. The Balaban J connectivity index is 1.78. The van der Waals surface area contributed by atoms with Gasteiger partial charge in [-0.15, -0.1) is 0 Å². The summed E-state index contributed by atoms with van der Waals surface area (Å²) in [6.07, 6.45) is 0. The van der Waals surface area contributed by atoms with E-state index in [4.69, 9.17) is 9.47 Å².